The zero-order valence-corrected chi connectivity index (χ0v) is 13.2. The molecule has 0 unspecified atom stereocenters. The fraction of sp³-hybridized carbons (Fsp3) is 0.941. The van der Waals surface area contributed by atoms with E-state index in [2.05, 4.69) is 0 Å². The summed E-state index contributed by atoms with van der Waals surface area (Å²) < 4.78 is 55.0. The van der Waals surface area contributed by atoms with Gasteiger partial charge < -0.3 is 4.74 Å². The Bertz CT molecular complexity index is 415. The van der Waals surface area contributed by atoms with Crippen molar-refractivity contribution in [2.45, 2.75) is 70.1 Å². The average molecular weight is 336 g/mol. The molecule has 23 heavy (non-hydrogen) atoms. The van der Waals surface area contributed by atoms with Crippen LogP contribution in [-0.2, 0) is 9.53 Å². The van der Waals surface area contributed by atoms with Crippen molar-refractivity contribution in [1.29, 1.82) is 0 Å². The second-order valence-corrected chi connectivity index (χ2v) is 7.85. The Morgan fingerprint density at radius 3 is 2.04 bits per heavy atom. The van der Waals surface area contributed by atoms with Gasteiger partial charge in [-0.3, -0.25) is 4.79 Å². The SMILES string of the molecule is O=C(OCCCCC(F)(F)C(F)F)C12CC3CC(CC(C3)C1)C2. The van der Waals surface area contributed by atoms with Gasteiger partial charge in [-0.1, -0.05) is 0 Å². The monoisotopic (exact) mass is 336 g/mol. The summed E-state index contributed by atoms with van der Waals surface area (Å²) in [6.07, 6.45) is 2.06. The van der Waals surface area contributed by atoms with Crippen LogP contribution in [0.2, 0.25) is 0 Å². The summed E-state index contributed by atoms with van der Waals surface area (Å²) in [6.45, 7) is 0.0555. The summed E-state index contributed by atoms with van der Waals surface area (Å²) in [5, 5.41) is 0. The molecule has 4 aliphatic carbocycles. The molecule has 0 N–H and O–H groups in total. The van der Waals surface area contributed by atoms with Crippen molar-refractivity contribution >= 4 is 5.97 Å². The van der Waals surface area contributed by atoms with Crippen LogP contribution in [0.3, 0.4) is 0 Å². The molecule has 0 saturated heterocycles. The molecule has 4 aliphatic rings. The highest BCUT2D eigenvalue weighted by atomic mass is 19.3. The molecule has 4 fully saturated rings. The van der Waals surface area contributed by atoms with Gasteiger partial charge in [0.2, 0.25) is 0 Å². The lowest BCUT2D eigenvalue weighted by Gasteiger charge is -2.55. The topological polar surface area (TPSA) is 26.3 Å². The van der Waals surface area contributed by atoms with Crippen LogP contribution in [-0.4, -0.2) is 24.9 Å². The van der Waals surface area contributed by atoms with Crippen molar-refractivity contribution < 1.29 is 27.1 Å². The summed E-state index contributed by atoms with van der Waals surface area (Å²) in [6, 6.07) is 0. The number of carbonyl (C=O) groups is 1. The smallest absolute Gasteiger partial charge is 0.312 e. The van der Waals surface area contributed by atoms with E-state index in [1.807, 2.05) is 0 Å². The van der Waals surface area contributed by atoms with Gasteiger partial charge in [-0.2, -0.15) is 0 Å². The van der Waals surface area contributed by atoms with Gasteiger partial charge in [-0.15, -0.1) is 0 Å². The molecule has 132 valence electrons. The van der Waals surface area contributed by atoms with Crippen LogP contribution in [0.5, 0.6) is 0 Å². The summed E-state index contributed by atoms with van der Waals surface area (Å²) in [5.41, 5.74) is -0.346. The number of hydrogen-bond acceptors (Lipinski definition) is 2. The Morgan fingerprint density at radius 2 is 1.57 bits per heavy atom. The summed E-state index contributed by atoms with van der Waals surface area (Å²) in [7, 11) is 0. The van der Waals surface area contributed by atoms with Crippen molar-refractivity contribution in [3.05, 3.63) is 0 Å². The minimum Gasteiger partial charge on any atom is -0.465 e. The van der Waals surface area contributed by atoms with Crippen LogP contribution >= 0.6 is 0 Å². The van der Waals surface area contributed by atoms with E-state index in [0.29, 0.717) is 17.8 Å². The highest BCUT2D eigenvalue weighted by Gasteiger charge is 2.55. The van der Waals surface area contributed by atoms with E-state index in [4.69, 9.17) is 4.74 Å². The largest absolute Gasteiger partial charge is 0.465 e. The third kappa shape index (κ3) is 3.50. The molecule has 4 bridgehead atoms. The van der Waals surface area contributed by atoms with Gasteiger partial charge in [0.25, 0.3) is 0 Å². The number of rotatable bonds is 7. The van der Waals surface area contributed by atoms with Crippen LogP contribution in [0.1, 0.15) is 57.8 Å². The molecule has 0 aromatic carbocycles. The fourth-order valence-electron chi connectivity index (χ4n) is 5.25. The Morgan fingerprint density at radius 1 is 1.04 bits per heavy atom. The van der Waals surface area contributed by atoms with Gasteiger partial charge >= 0.3 is 18.3 Å². The van der Waals surface area contributed by atoms with Crippen LogP contribution < -0.4 is 0 Å². The van der Waals surface area contributed by atoms with E-state index in [9.17, 15) is 22.4 Å². The summed E-state index contributed by atoms with van der Waals surface area (Å²) in [5.74, 6) is -2.21. The van der Waals surface area contributed by atoms with Crippen LogP contribution in [0, 0.1) is 23.2 Å². The van der Waals surface area contributed by atoms with Crippen molar-refractivity contribution in [2.75, 3.05) is 6.61 Å². The van der Waals surface area contributed by atoms with Crippen LogP contribution in [0.25, 0.3) is 0 Å². The molecule has 0 amide bonds. The summed E-state index contributed by atoms with van der Waals surface area (Å²) in [4.78, 5) is 12.5. The minimum atomic E-state index is -3.94. The third-order valence-corrected chi connectivity index (χ3v) is 5.93. The number of ether oxygens (including phenoxy) is 1. The predicted octanol–water partition coefficient (Wildman–Crippen LogP) is 4.82. The summed E-state index contributed by atoms with van der Waals surface area (Å²) >= 11 is 0. The van der Waals surface area contributed by atoms with Crippen molar-refractivity contribution in [2.24, 2.45) is 23.2 Å². The lowest BCUT2D eigenvalue weighted by molar-refractivity contribution is -0.172. The molecule has 2 nitrogen and oxygen atoms in total. The number of halogens is 4. The third-order valence-electron chi connectivity index (χ3n) is 5.93. The number of carbonyl (C=O) groups excluding carboxylic acids is 1. The Labute approximate surface area is 133 Å². The molecule has 0 aromatic heterocycles. The van der Waals surface area contributed by atoms with E-state index in [1.165, 1.54) is 19.3 Å². The lowest BCUT2D eigenvalue weighted by atomic mass is 9.49. The molecule has 4 saturated carbocycles. The molecule has 4 rings (SSSR count). The van der Waals surface area contributed by atoms with Gasteiger partial charge in [0.05, 0.1) is 12.0 Å². The van der Waals surface area contributed by atoms with E-state index >= 15 is 0 Å². The number of unbranched alkanes of at least 4 members (excludes halogenated alkanes) is 1. The van der Waals surface area contributed by atoms with Gasteiger partial charge in [0.1, 0.15) is 0 Å². The zero-order valence-electron chi connectivity index (χ0n) is 13.2. The molecule has 0 aliphatic heterocycles. The molecule has 6 heteroatoms. The quantitative estimate of drug-likeness (QED) is 0.379. The lowest BCUT2D eigenvalue weighted by Crippen LogP contribution is -2.50. The molecular formula is C17H24F4O2. The maximum atomic E-state index is 12.8. The minimum absolute atomic E-state index is 0.0555. The van der Waals surface area contributed by atoms with Gasteiger partial charge in [-0.05, 0) is 69.1 Å². The highest BCUT2D eigenvalue weighted by Crippen LogP contribution is 2.60. The standard InChI is InChI=1S/C17H24F4O2/c18-14(19)17(20,21)3-1-2-4-23-15(22)16-8-11-5-12(9-16)7-13(6-11)10-16/h11-14H,1-10H2. The number of alkyl halides is 4. The van der Waals surface area contributed by atoms with E-state index in [0.717, 1.165) is 19.3 Å². The molecule has 0 radical (unpaired) electrons. The second-order valence-electron chi connectivity index (χ2n) is 7.85. The Hall–Kier alpha value is -0.810. The van der Waals surface area contributed by atoms with Gasteiger partial charge in [-0.25, -0.2) is 17.6 Å². The van der Waals surface area contributed by atoms with Gasteiger partial charge in [0, 0.05) is 6.42 Å². The normalized spacial score (nSPS) is 35.8. The molecule has 0 heterocycles. The van der Waals surface area contributed by atoms with Crippen LogP contribution in [0.15, 0.2) is 0 Å². The van der Waals surface area contributed by atoms with Gasteiger partial charge in [0.15, 0.2) is 0 Å². The maximum Gasteiger partial charge on any atom is 0.312 e. The Balaban J connectivity index is 1.42. The first-order valence-electron chi connectivity index (χ1n) is 8.64. The molecular weight excluding hydrogens is 312 g/mol. The fourth-order valence-corrected chi connectivity index (χ4v) is 5.25. The maximum absolute atomic E-state index is 12.8. The van der Waals surface area contributed by atoms with Crippen molar-refractivity contribution in [1.82, 2.24) is 0 Å². The average Bonchev–Trinajstić information content (AvgIpc) is 2.45. The number of esters is 1. The van der Waals surface area contributed by atoms with Crippen LogP contribution in [0.4, 0.5) is 17.6 Å². The molecule has 0 atom stereocenters. The van der Waals surface area contributed by atoms with E-state index < -0.39 is 18.8 Å². The predicted molar refractivity (Wildman–Crippen MR) is 76.4 cm³/mol. The number of hydrogen-bond donors (Lipinski definition) is 0. The second kappa shape index (κ2) is 6.25. The highest BCUT2D eigenvalue weighted by molar-refractivity contribution is 5.77. The van der Waals surface area contributed by atoms with Crippen molar-refractivity contribution in [3.63, 3.8) is 0 Å². The molecule has 0 spiro atoms. The van der Waals surface area contributed by atoms with E-state index in [-0.39, 0.29) is 30.8 Å². The first kappa shape index (κ1) is 17.0. The van der Waals surface area contributed by atoms with E-state index in [1.54, 1.807) is 0 Å². The first-order valence-corrected chi connectivity index (χ1v) is 8.64. The first-order chi connectivity index (χ1) is 10.8. The van der Waals surface area contributed by atoms with Crippen molar-refractivity contribution in [3.8, 4) is 0 Å². The Kier molecular flexibility index (Phi) is 4.62. The molecule has 0 aromatic rings. The zero-order chi connectivity index (χ0) is 16.7.